The van der Waals surface area contributed by atoms with Gasteiger partial charge in [0.25, 0.3) is 5.56 Å². The van der Waals surface area contributed by atoms with Crippen LogP contribution in [-0.2, 0) is 6.54 Å². The molecule has 2 aromatic rings. The number of hydrogen-bond donors (Lipinski definition) is 1. The van der Waals surface area contributed by atoms with Crippen LogP contribution >= 0.6 is 0 Å². The molecule has 0 saturated carbocycles. The van der Waals surface area contributed by atoms with Gasteiger partial charge in [-0.1, -0.05) is 50.3 Å². The Bertz CT molecular complexity index is 739. The number of pyridine rings is 1. The molecule has 3 nitrogen and oxygen atoms in total. The second-order valence-electron chi connectivity index (χ2n) is 5.05. The standard InChI is InChI=1S/C17H17NO.C2H6.CH4O/c1-13-11-18(12-14-7-3-2-4-8-14)17(19)16-10-6-5-9-15(13)16;2*1-2/h3,5-11H,2,4,12H2,1H3;1-2H3;2H,1H3. The summed E-state index contributed by atoms with van der Waals surface area (Å²) in [4.78, 5) is 12.5. The number of allylic oxidation sites excluding steroid dienone is 4. The molecule has 0 amide bonds. The summed E-state index contributed by atoms with van der Waals surface area (Å²) in [5.41, 5.74) is 2.47. The fourth-order valence-corrected chi connectivity index (χ4v) is 2.63. The molecule has 0 saturated heterocycles. The zero-order valence-electron chi connectivity index (χ0n) is 14.5. The van der Waals surface area contributed by atoms with Crippen molar-refractivity contribution in [2.45, 2.75) is 40.2 Å². The van der Waals surface area contributed by atoms with E-state index in [1.807, 2.05) is 48.9 Å². The summed E-state index contributed by atoms with van der Waals surface area (Å²) >= 11 is 0. The maximum absolute atomic E-state index is 12.5. The Morgan fingerprint density at radius 1 is 1.09 bits per heavy atom. The molecule has 0 atom stereocenters. The van der Waals surface area contributed by atoms with Crippen LogP contribution in [0.4, 0.5) is 0 Å². The van der Waals surface area contributed by atoms with Crippen molar-refractivity contribution in [3.05, 3.63) is 70.2 Å². The largest absolute Gasteiger partial charge is 0.400 e. The zero-order valence-corrected chi connectivity index (χ0v) is 14.5. The Morgan fingerprint density at radius 3 is 2.35 bits per heavy atom. The molecule has 1 aromatic carbocycles. The Kier molecular flexibility index (Phi) is 8.06. The van der Waals surface area contributed by atoms with E-state index in [1.54, 1.807) is 0 Å². The second-order valence-corrected chi connectivity index (χ2v) is 5.05. The number of aromatic nitrogens is 1. The van der Waals surface area contributed by atoms with Crippen molar-refractivity contribution < 1.29 is 5.11 Å². The maximum atomic E-state index is 12.5. The van der Waals surface area contributed by atoms with Crippen molar-refractivity contribution in [2.75, 3.05) is 7.11 Å². The van der Waals surface area contributed by atoms with Crippen molar-refractivity contribution in [1.29, 1.82) is 0 Å². The van der Waals surface area contributed by atoms with Crippen LogP contribution in [0.25, 0.3) is 10.8 Å². The molecule has 0 unspecified atom stereocenters. The smallest absolute Gasteiger partial charge is 0.258 e. The molecule has 1 aliphatic carbocycles. The van der Waals surface area contributed by atoms with Crippen molar-refractivity contribution in [2.24, 2.45) is 0 Å². The molecule has 1 heterocycles. The van der Waals surface area contributed by atoms with Gasteiger partial charge in [0, 0.05) is 18.7 Å². The third-order valence-electron chi connectivity index (χ3n) is 3.62. The number of benzene rings is 1. The Labute approximate surface area is 138 Å². The summed E-state index contributed by atoms with van der Waals surface area (Å²) in [6, 6.07) is 7.82. The van der Waals surface area contributed by atoms with Crippen molar-refractivity contribution >= 4 is 10.8 Å². The summed E-state index contributed by atoms with van der Waals surface area (Å²) in [6.07, 6.45) is 10.7. The molecular weight excluding hydrogens is 286 g/mol. The summed E-state index contributed by atoms with van der Waals surface area (Å²) < 4.78 is 1.82. The van der Waals surface area contributed by atoms with Gasteiger partial charge >= 0.3 is 0 Å². The predicted octanol–water partition coefficient (Wildman–Crippen LogP) is 4.22. The molecule has 1 aliphatic rings. The van der Waals surface area contributed by atoms with E-state index in [2.05, 4.69) is 25.2 Å². The normalized spacial score (nSPS) is 12.7. The SMILES string of the molecule is CC.CO.Cc1cn(CC2=CCCC=C2)c(=O)c2ccccc12. The maximum Gasteiger partial charge on any atom is 0.258 e. The fourth-order valence-electron chi connectivity index (χ4n) is 2.63. The molecule has 0 spiro atoms. The zero-order chi connectivity index (χ0) is 17.2. The van der Waals surface area contributed by atoms with Crippen LogP contribution in [0.5, 0.6) is 0 Å². The van der Waals surface area contributed by atoms with E-state index in [4.69, 9.17) is 5.11 Å². The minimum Gasteiger partial charge on any atom is -0.400 e. The van der Waals surface area contributed by atoms with E-state index in [1.165, 1.54) is 5.57 Å². The van der Waals surface area contributed by atoms with Gasteiger partial charge in [-0.05, 0) is 42.4 Å². The summed E-state index contributed by atoms with van der Waals surface area (Å²) in [7, 11) is 1.00. The second kappa shape index (κ2) is 9.80. The van der Waals surface area contributed by atoms with Gasteiger partial charge in [-0.15, -0.1) is 0 Å². The van der Waals surface area contributed by atoms with Gasteiger partial charge in [0.05, 0.1) is 6.54 Å². The third kappa shape index (κ3) is 4.67. The number of aliphatic hydroxyl groups is 1. The minimum absolute atomic E-state index is 0.0982. The molecular formula is C20H27NO2. The van der Waals surface area contributed by atoms with Gasteiger partial charge in [0.1, 0.15) is 0 Å². The molecule has 0 bridgehead atoms. The number of rotatable bonds is 2. The van der Waals surface area contributed by atoms with Crippen molar-refractivity contribution in [3.63, 3.8) is 0 Å². The molecule has 23 heavy (non-hydrogen) atoms. The van der Waals surface area contributed by atoms with E-state index in [-0.39, 0.29) is 5.56 Å². The fraction of sp³-hybridized carbons (Fsp3) is 0.350. The van der Waals surface area contributed by atoms with E-state index in [9.17, 15) is 4.79 Å². The van der Waals surface area contributed by atoms with Crippen LogP contribution < -0.4 is 5.56 Å². The lowest BCUT2D eigenvalue weighted by molar-refractivity contribution is 0.399. The number of hydrogen-bond acceptors (Lipinski definition) is 2. The van der Waals surface area contributed by atoms with Crippen LogP contribution in [-0.4, -0.2) is 16.8 Å². The lowest BCUT2D eigenvalue weighted by Crippen LogP contribution is -2.21. The van der Waals surface area contributed by atoms with Gasteiger partial charge in [-0.25, -0.2) is 0 Å². The van der Waals surface area contributed by atoms with Crippen LogP contribution in [0.15, 0.2) is 59.1 Å². The number of aliphatic hydroxyl groups excluding tert-OH is 1. The first-order valence-corrected chi connectivity index (χ1v) is 8.15. The average Bonchev–Trinajstić information content (AvgIpc) is 2.64. The predicted molar refractivity (Wildman–Crippen MR) is 98.9 cm³/mol. The van der Waals surface area contributed by atoms with E-state index in [0.717, 1.165) is 36.3 Å². The number of nitrogens with zero attached hydrogens (tertiary/aromatic N) is 1. The quantitative estimate of drug-likeness (QED) is 0.902. The van der Waals surface area contributed by atoms with Gasteiger partial charge < -0.3 is 9.67 Å². The van der Waals surface area contributed by atoms with Crippen LogP contribution in [0, 0.1) is 6.92 Å². The Morgan fingerprint density at radius 2 is 1.74 bits per heavy atom. The molecule has 3 rings (SSSR count). The van der Waals surface area contributed by atoms with Crippen molar-refractivity contribution in [3.8, 4) is 0 Å². The molecule has 3 heteroatoms. The van der Waals surface area contributed by atoms with E-state index < -0.39 is 0 Å². The molecule has 124 valence electrons. The highest BCUT2D eigenvalue weighted by molar-refractivity contribution is 5.84. The topological polar surface area (TPSA) is 42.2 Å². The summed E-state index contributed by atoms with van der Waals surface area (Å²) in [6.45, 7) is 6.73. The van der Waals surface area contributed by atoms with Crippen LogP contribution in [0.1, 0.15) is 32.3 Å². The minimum atomic E-state index is 0.0982. The van der Waals surface area contributed by atoms with Gasteiger partial charge in [0.15, 0.2) is 0 Å². The first-order valence-electron chi connectivity index (χ1n) is 8.15. The lowest BCUT2D eigenvalue weighted by atomic mass is 10.1. The van der Waals surface area contributed by atoms with Crippen molar-refractivity contribution in [1.82, 2.24) is 4.57 Å². The van der Waals surface area contributed by atoms with E-state index in [0.29, 0.717) is 6.54 Å². The number of aryl methyl sites for hydroxylation is 1. The molecule has 0 aliphatic heterocycles. The number of fused-ring (bicyclic) bond motifs is 1. The molecule has 0 fully saturated rings. The van der Waals surface area contributed by atoms with Gasteiger partial charge in [-0.3, -0.25) is 4.79 Å². The van der Waals surface area contributed by atoms with Gasteiger partial charge in [-0.2, -0.15) is 0 Å². The first-order chi connectivity index (χ1) is 11.3. The first kappa shape index (κ1) is 18.9. The summed E-state index contributed by atoms with van der Waals surface area (Å²) in [5, 5.41) is 8.86. The monoisotopic (exact) mass is 313 g/mol. The summed E-state index contributed by atoms with van der Waals surface area (Å²) in [5.74, 6) is 0. The Hall–Kier alpha value is -2.13. The lowest BCUT2D eigenvalue weighted by Gasteiger charge is -2.12. The highest BCUT2D eigenvalue weighted by Crippen LogP contribution is 2.16. The molecule has 0 radical (unpaired) electrons. The molecule has 1 aromatic heterocycles. The average molecular weight is 313 g/mol. The van der Waals surface area contributed by atoms with Crippen LogP contribution in [0.2, 0.25) is 0 Å². The van der Waals surface area contributed by atoms with Crippen LogP contribution in [0.3, 0.4) is 0 Å². The molecule has 1 N–H and O–H groups in total. The highest BCUT2D eigenvalue weighted by Gasteiger charge is 2.07. The highest BCUT2D eigenvalue weighted by atomic mass is 16.2. The van der Waals surface area contributed by atoms with Gasteiger partial charge in [0.2, 0.25) is 0 Å². The van der Waals surface area contributed by atoms with E-state index >= 15 is 0 Å². The third-order valence-corrected chi connectivity index (χ3v) is 3.62. The Balaban J connectivity index is 0.000000615.